The molecular weight excluding hydrogens is 380 g/mol. The summed E-state index contributed by atoms with van der Waals surface area (Å²) in [5.74, 6) is -0.378. The van der Waals surface area contributed by atoms with Gasteiger partial charge in [0.05, 0.1) is 37.1 Å². The van der Waals surface area contributed by atoms with Gasteiger partial charge in [0.1, 0.15) is 6.61 Å². The Kier molecular flexibility index (Phi) is 6.74. The van der Waals surface area contributed by atoms with Crippen LogP contribution in [-0.2, 0) is 20.8 Å². The highest BCUT2D eigenvalue weighted by Crippen LogP contribution is 2.24. The standard InChI is InChI=1S/C25H26O5/c26-15-23-13-22(28-16-18-6-2-1-3-7-18)14-24(30-23)17-29-25(27)21-11-10-19-8-4-5-9-20(19)12-21/h1-12,22-24,26H,13-17H2. The minimum atomic E-state index is -0.378. The smallest absolute Gasteiger partial charge is 0.338 e. The largest absolute Gasteiger partial charge is 0.459 e. The fraction of sp³-hybridized carbons (Fsp3) is 0.320. The number of esters is 1. The van der Waals surface area contributed by atoms with Crippen molar-refractivity contribution < 1.29 is 24.1 Å². The maximum atomic E-state index is 12.5. The van der Waals surface area contributed by atoms with Gasteiger partial charge in [-0.05, 0) is 28.5 Å². The van der Waals surface area contributed by atoms with Crippen molar-refractivity contribution in [3.05, 3.63) is 83.9 Å². The molecule has 156 valence electrons. The lowest BCUT2D eigenvalue weighted by molar-refractivity contribution is -0.143. The van der Waals surface area contributed by atoms with Crippen molar-refractivity contribution in [2.45, 2.75) is 37.8 Å². The Morgan fingerprint density at radius 3 is 2.47 bits per heavy atom. The van der Waals surface area contributed by atoms with Crippen LogP contribution in [0.5, 0.6) is 0 Å². The van der Waals surface area contributed by atoms with Gasteiger partial charge in [0.25, 0.3) is 0 Å². The maximum Gasteiger partial charge on any atom is 0.338 e. The summed E-state index contributed by atoms with van der Waals surface area (Å²) in [6.45, 7) is 0.556. The van der Waals surface area contributed by atoms with Crippen molar-refractivity contribution in [2.75, 3.05) is 13.2 Å². The number of carbonyl (C=O) groups is 1. The van der Waals surface area contributed by atoms with E-state index < -0.39 is 0 Å². The SMILES string of the molecule is O=C(OCC1CC(OCc2ccccc2)CC(CO)O1)c1ccc2ccccc2c1. The first-order valence-corrected chi connectivity index (χ1v) is 10.3. The summed E-state index contributed by atoms with van der Waals surface area (Å²) in [6, 6.07) is 23.4. The van der Waals surface area contributed by atoms with E-state index in [1.165, 1.54) is 0 Å². The molecular formula is C25H26O5. The molecule has 1 heterocycles. The van der Waals surface area contributed by atoms with E-state index in [4.69, 9.17) is 14.2 Å². The van der Waals surface area contributed by atoms with Gasteiger partial charge in [-0.3, -0.25) is 0 Å². The predicted octanol–water partition coefficient (Wildman–Crippen LogP) is 4.12. The molecule has 1 N–H and O–H groups in total. The van der Waals surface area contributed by atoms with Gasteiger partial charge < -0.3 is 19.3 Å². The van der Waals surface area contributed by atoms with E-state index in [-0.39, 0.29) is 37.5 Å². The molecule has 0 bridgehead atoms. The summed E-state index contributed by atoms with van der Waals surface area (Å²) in [5, 5.41) is 11.7. The van der Waals surface area contributed by atoms with Crippen LogP contribution in [0.25, 0.3) is 10.8 Å². The van der Waals surface area contributed by atoms with E-state index >= 15 is 0 Å². The van der Waals surface area contributed by atoms with Crippen LogP contribution in [0, 0.1) is 0 Å². The summed E-state index contributed by atoms with van der Waals surface area (Å²) in [7, 11) is 0. The molecule has 0 spiro atoms. The van der Waals surface area contributed by atoms with Crippen LogP contribution in [0.4, 0.5) is 0 Å². The Hall–Kier alpha value is -2.73. The molecule has 0 radical (unpaired) electrons. The van der Waals surface area contributed by atoms with Crippen LogP contribution in [0.15, 0.2) is 72.8 Å². The lowest BCUT2D eigenvalue weighted by Crippen LogP contribution is -2.41. The second-order valence-corrected chi connectivity index (χ2v) is 7.61. The fourth-order valence-electron chi connectivity index (χ4n) is 3.78. The second-order valence-electron chi connectivity index (χ2n) is 7.61. The van der Waals surface area contributed by atoms with Gasteiger partial charge in [0.15, 0.2) is 0 Å². The number of hydrogen-bond acceptors (Lipinski definition) is 5. The fourth-order valence-corrected chi connectivity index (χ4v) is 3.78. The number of benzene rings is 3. The second kappa shape index (κ2) is 9.85. The molecule has 3 aromatic rings. The number of aliphatic hydroxyl groups excluding tert-OH is 1. The molecule has 0 aromatic heterocycles. The van der Waals surface area contributed by atoms with Crippen LogP contribution in [0.1, 0.15) is 28.8 Å². The molecule has 0 amide bonds. The summed E-state index contributed by atoms with van der Waals surface area (Å²) < 4.78 is 17.4. The normalized spacial score (nSPS) is 21.4. The minimum Gasteiger partial charge on any atom is -0.459 e. The molecule has 1 saturated heterocycles. The number of hydrogen-bond donors (Lipinski definition) is 1. The number of carbonyl (C=O) groups excluding carboxylic acids is 1. The van der Waals surface area contributed by atoms with Gasteiger partial charge in [-0.2, -0.15) is 0 Å². The molecule has 3 aromatic carbocycles. The van der Waals surface area contributed by atoms with Gasteiger partial charge in [-0.25, -0.2) is 4.79 Å². The first kappa shape index (κ1) is 20.5. The van der Waals surface area contributed by atoms with Crippen LogP contribution in [0.3, 0.4) is 0 Å². The summed E-state index contributed by atoms with van der Waals surface area (Å²) >= 11 is 0. The minimum absolute atomic E-state index is 0.0551. The maximum absolute atomic E-state index is 12.5. The average molecular weight is 406 g/mol. The summed E-state index contributed by atoms with van der Waals surface area (Å²) in [5.41, 5.74) is 1.61. The highest BCUT2D eigenvalue weighted by atomic mass is 16.6. The topological polar surface area (TPSA) is 65.0 Å². The Labute approximate surface area is 176 Å². The van der Waals surface area contributed by atoms with Crippen LogP contribution in [-0.4, -0.2) is 42.6 Å². The highest BCUT2D eigenvalue weighted by molar-refractivity contribution is 5.95. The zero-order valence-corrected chi connectivity index (χ0v) is 16.8. The monoisotopic (exact) mass is 406 g/mol. The molecule has 5 nitrogen and oxygen atoms in total. The van der Waals surface area contributed by atoms with Crippen molar-refractivity contribution >= 4 is 16.7 Å². The van der Waals surface area contributed by atoms with E-state index in [1.807, 2.05) is 66.7 Å². The first-order valence-electron chi connectivity index (χ1n) is 10.3. The molecule has 3 unspecified atom stereocenters. The van der Waals surface area contributed by atoms with Crippen LogP contribution >= 0.6 is 0 Å². The third kappa shape index (κ3) is 5.25. The summed E-state index contributed by atoms with van der Waals surface area (Å²) in [4.78, 5) is 12.5. The third-order valence-electron chi connectivity index (χ3n) is 5.35. The number of ether oxygens (including phenoxy) is 3. The van der Waals surface area contributed by atoms with Gasteiger partial charge in [-0.1, -0.05) is 60.7 Å². The molecule has 0 saturated carbocycles. The Bertz CT molecular complexity index is 971. The van der Waals surface area contributed by atoms with Crippen LogP contribution in [0.2, 0.25) is 0 Å². The molecule has 1 fully saturated rings. The molecule has 1 aliphatic rings. The number of rotatable bonds is 7. The average Bonchev–Trinajstić information content (AvgIpc) is 2.81. The molecule has 5 heteroatoms. The molecule has 4 rings (SSSR count). The Balaban J connectivity index is 1.33. The zero-order valence-electron chi connectivity index (χ0n) is 16.8. The van der Waals surface area contributed by atoms with Crippen molar-refractivity contribution in [2.24, 2.45) is 0 Å². The molecule has 30 heavy (non-hydrogen) atoms. The third-order valence-corrected chi connectivity index (χ3v) is 5.35. The van der Waals surface area contributed by atoms with Gasteiger partial charge in [-0.15, -0.1) is 0 Å². The Morgan fingerprint density at radius 1 is 0.933 bits per heavy atom. The summed E-state index contributed by atoms with van der Waals surface area (Å²) in [6.07, 6.45) is 0.567. The van der Waals surface area contributed by atoms with Crippen molar-refractivity contribution in [3.63, 3.8) is 0 Å². The van der Waals surface area contributed by atoms with E-state index in [0.717, 1.165) is 16.3 Å². The van der Waals surface area contributed by atoms with Gasteiger partial charge in [0.2, 0.25) is 0 Å². The van der Waals surface area contributed by atoms with Crippen molar-refractivity contribution in [1.82, 2.24) is 0 Å². The van der Waals surface area contributed by atoms with Crippen LogP contribution < -0.4 is 0 Å². The predicted molar refractivity (Wildman–Crippen MR) is 114 cm³/mol. The zero-order chi connectivity index (χ0) is 20.8. The van der Waals surface area contributed by atoms with Crippen molar-refractivity contribution in [3.8, 4) is 0 Å². The van der Waals surface area contributed by atoms with E-state index in [9.17, 15) is 9.90 Å². The quantitative estimate of drug-likeness (QED) is 0.598. The first-order chi connectivity index (χ1) is 14.7. The number of aliphatic hydroxyl groups is 1. The highest BCUT2D eigenvalue weighted by Gasteiger charge is 2.30. The number of fused-ring (bicyclic) bond motifs is 1. The van der Waals surface area contributed by atoms with Gasteiger partial charge >= 0.3 is 5.97 Å². The van der Waals surface area contributed by atoms with E-state index in [2.05, 4.69) is 0 Å². The van der Waals surface area contributed by atoms with E-state index in [1.54, 1.807) is 6.07 Å². The molecule has 3 atom stereocenters. The molecule has 0 aliphatic carbocycles. The van der Waals surface area contributed by atoms with Gasteiger partial charge in [0, 0.05) is 12.8 Å². The lowest BCUT2D eigenvalue weighted by atomic mass is 10.0. The van der Waals surface area contributed by atoms with E-state index in [0.29, 0.717) is 25.0 Å². The lowest BCUT2D eigenvalue weighted by Gasteiger charge is -2.34. The Morgan fingerprint density at radius 2 is 1.67 bits per heavy atom. The molecule has 1 aliphatic heterocycles. The van der Waals surface area contributed by atoms with Crippen molar-refractivity contribution in [1.29, 1.82) is 0 Å².